The number of nitrogens with zero attached hydrogens (tertiary/aromatic N) is 1. The Balaban J connectivity index is 1.37. The van der Waals surface area contributed by atoms with Gasteiger partial charge in [-0.25, -0.2) is 0 Å². The first-order valence-corrected chi connectivity index (χ1v) is 9.13. The minimum absolute atomic E-state index is 0.137. The average Bonchev–Trinajstić information content (AvgIpc) is 2.94. The van der Waals surface area contributed by atoms with Gasteiger partial charge in [-0.2, -0.15) is 0 Å². The lowest BCUT2D eigenvalue weighted by molar-refractivity contribution is 0.0418. The Morgan fingerprint density at radius 2 is 1.78 bits per heavy atom. The molecule has 1 aromatic carbocycles. The normalized spacial score (nSPS) is 29.5. The summed E-state index contributed by atoms with van der Waals surface area (Å²) in [4.78, 5) is 2.68. The molecule has 3 nitrogen and oxygen atoms in total. The quantitative estimate of drug-likeness (QED) is 0.926. The van der Waals surface area contributed by atoms with Gasteiger partial charge in [0.1, 0.15) is 6.10 Å². The molecular weight excluding hydrogens is 286 g/mol. The second-order valence-corrected chi connectivity index (χ2v) is 7.24. The SMILES string of the molecule is OC1CCOC1c1ccc(C=C2CCN(C3CCC3)CC2)cc1. The van der Waals surface area contributed by atoms with Crippen LogP contribution >= 0.6 is 0 Å². The molecule has 4 rings (SSSR count). The van der Waals surface area contributed by atoms with E-state index in [-0.39, 0.29) is 12.2 Å². The zero-order valence-electron chi connectivity index (χ0n) is 13.8. The van der Waals surface area contributed by atoms with Gasteiger partial charge in [0.15, 0.2) is 0 Å². The van der Waals surface area contributed by atoms with E-state index in [0.29, 0.717) is 6.61 Å². The van der Waals surface area contributed by atoms with E-state index >= 15 is 0 Å². The van der Waals surface area contributed by atoms with Gasteiger partial charge in [-0.3, -0.25) is 4.90 Å². The largest absolute Gasteiger partial charge is 0.390 e. The molecule has 2 unspecified atom stereocenters. The maximum atomic E-state index is 9.93. The third-order valence-corrected chi connectivity index (χ3v) is 5.73. The minimum atomic E-state index is -0.352. The Morgan fingerprint density at radius 3 is 2.35 bits per heavy atom. The summed E-state index contributed by atoms with van der Waals surface area (Å²) in [6.45, 7) is 3.13. The average molecular weight is 313 g/mol. The molecule has 3 fully saturated rings. The molecule has 0 bridgehead atoms. The van der Waals surface area contributed by atoms with Crippen LogP contribution in [0, 0.1) is 0 Å². The molecule has 3 aliphatic rings. The zero-order valence-corrected chi connectivity index (χ0v) is 13.8. The van der Waals surface area contributed by atoms with E-state index in [1.807, 2.05) is 0 Å². The van der Waals surface area contributed by atoms with Crippen molar-refractivity contribution in [3.8, 4) is 0 Å². The summed E-state index contributed by atoms with van der Waals surface area (Å²) >= 11 is 0. The molecule has 0 spiro atoms. The van der Waals surface area contributed by atoms with E-state index in [9.17, 15) is 5.11 Å². The van der Waals surface area contributed by atoms with Crippen molar-refractivity contribution >= 4 is 6.08 Å². The van der Waals surface area contributed by atoms with E-state index in [1.54, 1.807) is 5.57 Å². The lowest BCUT2D eigenvalue weighted by Crippen LogP contribution is -2.43. The fourth-order valence-corrected chi connectivity index (χ4v) is 3.99. The number of aliphatic hydroxyl groups excluding tert-OH is 1. The Kier molecular flexibility index (Phi) is 4.52. The van der Waals surface area contributed by atoms with E-state index < -0.39 is 0 Å². The van der Waals surface area contributed by atoms with Crippen LogP contribution in [0.1, 0.15) is 55.8 Å². The smallest absolute Gasteiger partial charge is 0.108 e. The van der Waals surface area contributed by atoms with Crippen LogP contribution < -0.4 is 0 Å². The first-order valence-electron chi connectivity index (χ1n) is 9.13. The molecule has 1 aliphatic carbocycles. The summed E-state index contributed by atoms with van der Waals surface area (Å²) < 4.78 is 5.62. The lowest BCUT2D eigenvalue weighted by atomic mass is 9.89. The van der Waals surface area contributed by atoms with Gasteiger partial charge in [0.25, 0.3) is 0 Å². The van der Waals surface area contributed by atoms with Crippen LogP contribution in [0.4, 0.5) is 0 Å². The van der Waals surface area contributed by atoms with Crippen LogP contribution in [0.3, 0.4) is 0 Å². The monoisotopic (exact) mass is 313 g/mol. The second-order valence-electron chi connectivity index (χ2n) is 7.24. The van der Waals surface area contributed by atoms with Gasteiger partial charge in [-0.05, 0) is 43.2 Å². The first-order chi connectivity index (χ1) is 11.3. The van der Waals surface area contributed by atoms with Gasteiger partial charge in [-0.1, -0.05) is 42.3 Å². The molecule has 124 valence electrons. The fourth-order valence-electron chi connectivity index (χ4n) is 3.99. The van der Waals surface area contributed by atoms with E-state index in [0.717, 1.165) is 18.0 Å². The Labute approximate surface area is 139 Å². The van der Waals surface area contributed by atoms with Crippen molar-refractivity contribution in [3.05, 3.63) is 41.0 Å². The van der Waals surface area contributed by atoms with Gasteiger partial charge in [0, 0.05) is 19.1 Å². The third-order valence-electron chi connectivity index (χ3n) is 5.73. The number of benzene rings is 1. The maximum absolute atomic E-state index is 9.93. The highest BCUT2D eigenvalue weighted by Gasteiger charge is 2.28. The van der Waals surface area contributed by atoms with Gasteiger partial charge in [0.05, 0.1) is 12.7 Å². The van der Waals surface area contributed by atoms with Gasteiger partial charge >= 0.3 is 0 Å². The van der Waals surface area contributed by atoms with Crippen molar-refractivity contribution in [1.29, 1.82) is 0 Å². The highest BCUT2D eigenvalue weighted by atomic mass is 16.5. The highest BCUT2D eigenvalue weighted by molar-refractivity contribution is 5.53. The van der Waals surface area contributed by atoms with E-state index in [1.165, 1.54) is 50.8 Å². The molecule has 0 amide bonds. The summed E-state index contributed by atoms with van der Waals surface area (Å²) in [5.41, 5.74) is 3.94. The van der Waals surface area contributed by atoms with Crippen LogP contribution in [-0.4, -0.2) is 41.8 Å². The molecule has 2 aliphatic heterocycles. The van der Waals surface area contributed by atoms with Gasteiger partial charge in [-0.15, -0.1) is 0 Å². The number of rotatable bonds is 3. The number of hydrogen-bond acceptors (Lipinski definition) is 3. The van der Waals surface area contributed by atoms with E-state index in [2.05, 4.69) is 35.2 Å². The molecule has 1 N–H and O–H groups in total. The molecular formula is C20H27NO2. The molecule has 1 saturated carbocycles. The predicted octanol–water partition coefficient (Wildman–Crippen LogP) is 3.54. The lowest BCUT2D eigenvalue weighted by Gasteiger charge is -2.40. The summed E-state index contributed by atoms with van der Waals surface area (Å²) in [6.07, 6.45) is 9.28. The molecule has 1 aromatic rings. The van der Waals surface area contributed by atoms with Crippen molar-refractivity contribution in [2.24, 2.45) is 0 Å². The van der Waals surface area contributed by atoms with Crippen LogP contribution in [0.5, 0.6) is 0 Å². The minimum Gasteiger partial charge on any atom is -0.390 e. The Morgan fingerprint density at radius 1 is 1.04 bits per heavy atom. The molecule has 2 atom stereocenters. The standard InChI is InChI=1S/C20H27NO2/c22-19-10-13-23-20(19)17-6-4-15(5-7-17)14-16-8-11-21(12-9-16)18-2-1-3-18/h4-7,14,18-20,22H,1-3,8-13H2. The molecule has 2 heterocycles. The molecule has 2 saturated heterocycles. The number of piperidine rings is 1. The Bertz CT molecular complexity index is 552. The van der Waals surface area contributed by atoms with Crippen molar-refractivity contribution in [2.45, 2.75) is 56.8 Å². The summed E-state index contributed by atoms with van der Waals surface area (Å²) in [5, 5.41) is 9.93. The first kappa shape index (κ1) is 15.4. The van der Waals surface area contributed by atoms with Crippen molar-refractivity contribution in [2.75, 3.05) is 19.7 Å². The van der Waals surface area contributed by atoms with Crippen LogP contribution in [-0.2, 0) is 4.74 Å². The number of ether oxygens (including phenoxy) is 1. The van der Waals surface area contributed by atoms with Crippen LogP contribution in [0.2, 0.25) is 0 Å². The van der Waals surface area contributed by atoms with E-state index in [4.69, 9.17) is 4.74 Å². The van der Waals surface area contributed by atoms with Gasteiger partial charge in [0.2, 0.25) is 0 Å². The maximum Gasteiger partial charge on any atom is 0.108 e. The predicted molar refractivity (Wildman–Crippen MR) is 92.2 cm³/mol. The molecule has 3 heteroatoms. The fraction of sp³-hybridized carbons (Fsp3) is 0.600. The number of hydrogen-bond donors (Lipinski definition) is 1. The topological polar surface area (TPSA) is 32.7 Å². The highest BCUT2D eigenvalue weighted by Crippen LogP contribution is 2.31. The third kappa shape index (κ3) is 3.37. The van der Waals surface area contributed by atoms with Crippen molar-refractivity contribution < 1.29 is 9.84 Å². The molecule has 23 heavy (non-hydrogen) atoms. The van der Waals surface area contributed by atoms with Crippen molar-refractivity contribution in [3.63, 3.8) is 0 Å². The van der Waals surface area contributed by atoms with Crippen LogP contribution in [0.15, 0.2) is 29.8 Å². The summed E-state index contributed by atoms with van der Waals surface area (Å²) in [7, 11) is 0. The summed E-state index contributed by atoms with van der Waals surface area (Å²) in [6, 6.07) is 9.42. The molecule has 0 aromatic heterocycles. The van der Waals surface area contributed by atoms with Crippen LogP contribution in [0.25, 0.3) is 6.08 Å². The van der Waals surface area contributed by atoms with Gasteiger partial charge < -0.3 is 9.84 Å². The number of likely N-dealkylation sites (tertiary alicyclic amines) is 1. The zero-order chi connectivity index (χ0) is 15.6. The summed E-state index contributed by atoms with van der Waals surface area (Å²) in [5.74, 6) is 0. The Hall–Kier alpha value is -1.16. The number of aliphatic hydroxyl groups is 1. The molecule has 0 radical (unpaired) electrons. The second kappa shape index (κ2) is 6.76. The van der Waals surface area contributed by atoms with Crippen molar-refractivity contribution in [1.82, 2.24) is 4.90 Å².